The number of aromatic nitrogens is 3. The first-order valence-corrected chi connectivity index (χ1v) is 7.13. The van der Waals surface area contributed by atoms with Gasteiger partial charge in [0.05, 0.1) is 5.01 Å². The maximum Gasteiger partial charge on any atom is 0.133 e. The minimum Gasteiger partial charge on any atom is -0.359 e. The van der Waals surface area contributed by atoms with Crippen molar-refractivity contribution in [3.63, 3.8) is 0 Å². The lowest BCUT2D eigenvalue weighted by atomic mass is 10.3. The van der Waals surface area contributed by atoms with Crippen molar-refractivity contribution in [2.75, 3.05) is 18.5 Å². The smallest absolute Gasteiger partial charge is 0.133 e. The van der Waals surface area contributed by atoms with E-state index in [0.717, 1.165) is 24.6 Å². The van der Waals surface area contributed by atoms with Crippen LogP contribution in [0, 0.1) is 0 Å². The van der Waals surface area contributed by atoms with Gasteiger partial charge in [-0.25, -0.2) is 15.0 Å². The summed E-state index contributed by atoms with van der Waals surface area (Å²) >= 11 is 1.71. The monoisotopic (exact) mass is 260 g/mol. The summed E-state index contributed by atoms with van der Waals surface area (Å²) in [6, 6.07) is 1.98. The van der Waals surface area contributed by atoms with Crippen LogP contribution in [-0.2, 0) is 6.42 Å². The van der Waals surface area contributed by atoms with Gasteiger partial charge in [-0.1, -0.05) is 0 Å². The zero-order valence-electron chi connectivity index (χ0n) is 10.4. The first kappa shape index (κ1) is 11.6. The molecule has 5 heteroatoms. The van der Waals surface area contributed by atoms with Crippen molar-refractivity contribution in [1.82, 2.24) is 15.0 Å². The predicted molar refractivity (Wildman–Crippen MR) is 73.1 cm³/mol. The average molecular weight is 260 g/mol. The highest BCUT2D eigenvalue weighted by molar-refractivity contribution is 7.09. The highest BCUT2D eigenvalue weighted by Crippen LogP contribution is 2.38. The van der Waals surface area contributed by atoms with E-state index < -0.39 is 0 Å². The Morgan fingerprint density at radius 2 is 2.22 bits per heavy atom. The van der Waals surface area contributed by atoms with Gasteiger partial charge in [-0.3, -0.25) is 0 Å². The second kappa shape index (κ2) is 5.02. The van der Waals surface area contributed by atoms with Crippen molar-refractivity contribution < 1.29 is 0 Å². The fraction of sp³-hybridized carbons (Fsp3) is 0.462. The van der Waals surface area contributed by atoms with Crippen molar-refractivity contribution in [2.24, 2.45) is 0 Å². The zero-order chi connectivity index (χ0) is 12.4. The van der Waals surface area contributed by atoms with Gasteiger partial charge in [0.15, 0.2) is 0 Å². The summed E-state index contributed by atoms with van der Waals surface area (Å²) in [7, 11) is 2.08. The first-order chi connectivity index (χ1) is 8.83. The second-order valence-corrected chi connectivity index (χ2v) is 5.62. The molecule has 1 aliphatic carbocycles. The largest absolute Gasteiger partial charge is 0.359 e. The zero-order valence-corrected chi connectivity index (χ0v) is 11.2. The highest BCUT2D eigenvalue weighted by atomic mass is 32.1. The Morgan fingerprint density at radius 1 is 1.33 bits per heavy atom. The molecule has 94 valence electrons. The maximum absolute atomic E-state index is 4.63. The van der Waals surface area contributed by atoms with E-state index in [1.807, 2.05) is 23.8 Å². The van der Waals surface area contributed by atoms with Crippen LogP contribution in [0.4, 0.5) is 5.82 Å². The Balaban J connectivity index is 1.64. The molecule has 0 atom stereocenters. The van der Waals surface area contributed by atoms with E-state index in [1.54, 1.807) is 11.3 Å². The molecule has 0 radical (unpaired) electrons. The molecule has 0 aromatic carbocycles. The van der Waals surface area contributed by atoms with E-state index >= 15 is 0 Å². The Kier molecular flexibility index (Phi) is 3.23. The van der Waals surface area contributed by atoms with Crippen molar-refractivity contribution in [1.29, 1.82) is 0 Å². The first-order valence-electron chi connectivity index (χ1n) is 6.25. The van der Waals surface area contributed by atoms with Crippen LogP contribution < -0.4 is 4.90 Å². The molecular formula is C13H16N4S. The predicted octanol–water partition coefficient (Wildman–Crippen LogP) is 2.49. The van der Waals surface area contributed by atoms with E-state index in [2.05, 4.69) is 26.9 Å². The van der Waals surface area contributed by atoms with Crippen LogP contribution in [0.25, 0.3) is 0 Å². The number of anilines is 1. The van der Waals surface area contributed by atoms with E-state index in [9.17, 15) is 0 Å². The quantitative estimate of drug-likeness (QED) is 0.828. The van der Waals surface area contributed by atoms with Gasteiger partial charge in [0.1, 0.15) is 11.6 Å². The molecule has 0 N–H and O–H groups in total. The fourth-order valence-electron chi connectivity index (χ4n) is 1.87. The molecule has 0 bridgehead atoms. The molecule has 2 heterocycles. The fourth-order valence-corrected chi connectivity index (χ4v) is 2.48. The van der Waals surface area contributed by atoms with Crippen molar-refractivity contribution in [2.45, 2.75) is 25.2 Å². The third-order valence-corrected chi connectivity index (χ3v) is 3.98. The van der Waals surface area contributed by atoms with Crippen LogP contribution in [0.15, 0.2) is 23.8 Å². The molecule has 0 amide bonds. The van der Waals surface area contributed by atoms with Crippen LogP contribution in [0.2, 0.25) is 0 Å². The molecule has 2 aromatic rings. The van der Waals surface area contributed by atoms with Gasteiger partial charge in [-0.2, -0.15) is 0 Å². The third-order valence-electron chi connectivity index (χ3n) is 3.14. The lowest BCUT2D eigenvalue weighted by Crippen LogP contribution is -2.21. The van der Waals surface area contributed by atoms with Gasteiger partial charge in [0.25, 0.3) is 0 Å². The van der Waals surface area contributed by atoms with Crippen molar-refractivity contribution >= 4 is 17.2 Å². The summed E-state index contributed by atoms with van der Waals surface area (Å²) in [5.74, 6) is 2.63. The van der Waals surface area contributed by atoms with Crippen LogP contribution in [0.3, 0.4) is 0 Å². The minimum absolute atomic E-state index is 0.609. The summed E-state index contributed by atoms with van der Waals surface area (Å²) in [6.45, 7) is 0.939. The van der Waals surface area contributed by atoms with Crippen LogP contribution in [0.1, 0.15) is 29.6 Å². The van der Waals surface area contributed by atoms with Crippen LogP contribution >= 0.6 is 11.3 Å². The second-order valence-electron chi connectivity index (χ2n) is 4.64. The Bertz CT molecular complexity index is 507. The molecule has 0 aliphatic heterocycles. The lowest BCUT2D eigenvalue weighted by Gasteiger charge is -2.17. The van der Waals surface area contributed by atoms with Crippen molar-refractivity contribution in [3.8, 4) is 0 Å². The van der Waals surface area contributed by atoms with Crippen LogP contribution in [0.5, 0.6) is 0 Å². The van der Waals surface area contributed by atoms with Gasteiger partial charge < -0.3 is 4.90 Å². The summed E-state index contributed by atoms with van der Waals surface area (Å²) in [5, 5.41) is 3.20. The van der Waals surface area contributed by atoms with E-state index in [0.29, 0.717) is 5.92 Å². The van der Waals surface area contributed by atoms with Gasteiger partial charge >= 0.3 is 0 Å². The van der Waals surface area contributed by atoms with E-state index in [1.165, 1.54) is 17.8 Å². The maximum atomic E-state index is 4.63. The summed E-state index contributed by atoms with van der Waals surface area (Å²) in [4.78, 5) is 15.5. The molecule has 0 saturated heterocycles. The SMILES string of the molecule is CN(CCc1nccs1)c1ccnc(C2CC2)n1. The standard InChI is InChI=1S/C13H16N4S/c1-17(8-5-12-14-7-9-18-12)11-4-6-15-13(16-11)10-2-3-10/h4,6-7,9-10H,2-3,5,8H2,1H3. The van der Waals surface area contributed by atoms with Crippen LogP contribution in [-0.4, -0.2) is 28.5 Å². The lowest BCUT2D eigenvalue weighted by molar-refractivity contribution is 0.830. The normalized spacial score (nSPS) is 14.7. The summed E-state index contributed by atoms with van der Waals surface area (Å²) < 4.78 is 0. The van der Waals surface area contributed by atoms with E-state index in [-0.39, 0.29) is 0 Å². The van der Waals surface area contributed by atoms with Gasteiger partial charge in [-0.05, 0) is 18.9 Å². The molecule has 4 nitrogen and oxygen atoms in total. The van der Waals surface area contributed by atoms with Gasteiger partial charge in [0.2, 0.25) is 0 Å². The van der Waals surface area contributed by atoms with Crippen molar-refractivity contribution in [3.05, 3.63) is 34.7 Å². The Labute approximate surface area is 111 Å². The molecule has 0 spiro atoms. The molecule has 1 aliphatic rings. The highest BCUT2D eigenvalue weighted by Gasteiger charge is 2.26. The molecule has 0 unspecified atom stereocenters. The third kappa shape index (κ3) is 2.67. The number of likely N-dealkylation sites (N-methyl/N-ethyl adjacent to an activating group) is 1. The van der Waals surface area contributed by atoms with Gasteiger partial charge in [-0.15, -0.1) is 11.3 Å². The number of hydrogen-bond acceptors (Lipinski definition) is 5. The summed E-state index contributed by atoms with van der Waals surface area (Å²) in [5.41, 5.74) is 0. The summed E-state index contributed by atoms with van der Waals surface area (Å²) in [6.07, 6.45) is 7.18. The molecule has 1 saturated carbocycles. The topological polar surface area (TPSA) is 41.9 Å². The Hall–Kier alpha value is -1.49. The molecular weight excluding hydrogens is 244 g/mol. The average Bonchev–Trinajstić information content (AvgIpc) is 3.13. The number of nitrogens with zero attached hydrogens (tertiary/aromatic N) is 4. The number of hydrogen-bond donors (Lipinski definition) is 0. The van der Waals surface area contributed by atoms with E-state index in [4.69, 9.17) is 0 Å². The number of rotatable bonds is 5. The Morgan fingerprint density at radius 3 is 2.94 bits per heavy atom. The molecule has 3 rings (SSSR count). The minimum atomic E-state index is 0.609. The number of thiazole rings is 1. The molecule has 18 heavy (non-hydrogen) atoms. The molecule has 1 fully saturated rings. The van der Waals surface area contributed by atoms with Gasteiger partial charge in [0, 0.05) is 43.7 Å². The molecule has 2 aromatic heterocycles.